The lowest BCUT2D eigenvalue weighted by atomic mass is 10.1. The number of carboxylic acids is 2. The summed E-state index contributed by atoms with van der Waals surface area (Å²) < 4.78 is 26.4. The van der Waals surface area contributed by atoms with Crippen LogP contribution in [0.15, 0.2) is 17.0 Å². The van der Waals surface area contributed by atoms with Crippen molar-refractivity contribution in [3.05, 3.63) is 28.8 Å². The predicted molar refractivity (Wildman–Crippen MR) is 98.5 cm³/mol. The van der Waals surface area contributed by atoms with Crippen molar-refractivity contribution in [2.24, 2.45) is 11.7 Å². The van der Waals surface area contributed by atoms with Gasteiger partial charge in [0.15, 0.2) is 0 Å². The maximum atomic E-state index is 12.1. The summed E-state index contributed by atoms with van der Waals surface area (Å²) in [7, 11) is -3.81. The third-order valence-corrected chi connectivity index (χ3v) is 5.42. The zero-order chi connectivity index (χ0) is 20.8. The topological polar surface area (TPSA) is 147 Å². The molecule has 1 aromatic rings. The van der Waals surface area contributed by atoms with Gasteiger partial charge >= 0.3 is 11.9 Å². The molecule has 8 nitrogen and oxygen atoms in total. The van der Waals surface area contributed by atoms with Crippen LogP contribution in [0.4, 0.5) is 0 Å². The van der Waals surface area contributed by atoms with Gasteiger partial charge in [0.05, 0.1) is 4.90 Å². The van der Waals surface area contributed by atoms with Crippen LogP contribution in [-0.2, 0) is 19.6 Å². The number of carbonyl (C=O) groups is 2. The normalized spacial score (nSPS) is 13.5. The van der Waals surface area contributed by atoms with Gasteiger partial charge in [0, 0.05) is 0 Å². The first kappa shape index (κ1) is 24.0. The average molecular weight is 388 g/mol. The largest absolute Gasteiger partial charge is 0.480 e. The molecule has 0 amide bonds. The van der Waals surface area contributed by atoms with Gasteiger partial charge in [-0.15, -0.1) is 0 Å². The van der Waals surface area contributed by atoms with E-state index in [4.69, 9.17) is 15.9 Å². The lowest BCUT2D eigenvalue weighted by Crippen LogP contribution is -2.38. The quantitative estimate of drug-likeness (QED) is 0.576. The van der Waals surface area contributed by atoms with Crippen molar-refractivity contribution < 1.29 is 28.2 Å². The molecule has 0 radical (unpaired) electrons. The van der Waals surface area contributed by atoms with Gasteiger partial charge in [-0.2, -0.15) is 4.72 Å². The molecule has 0 aromatic heterocycles. The molecule has 0 saturated carbocycles. The highest BCUT2D eigenvalue weighted by Gasteiger charge is 2.24. The summed E-state index contributed by atoms with van der Waals surface area (Å²) in [5, 5.41) is 17.0. The van der Waals surface area contributed by atoms with E-state index in [1.807, 2.05) is 6.92 Å². The second-order valence-electron chi connectivity index (χ2n) is 6.52. The summed E-state index contributed by atoms with van der Waals surface area (Å²) in [5.74, 6) is -2.12. The molecule has 0 bridgehead atoms. The number of aryl methyl sites for hydroxylation is 3. The maximum absolute atomic E-state index is 12.1. The average Bonchev–Trinajstić information content (AvgIpc) is 2.44. The van der Waals surface area contributed by atoms with Gasteiger partial charge in [0.2, 0.25) is 10.0 Å². The van der Waals surface area contributed by atoms with E-state index < -0.39 is 34.0 Å². The number of rotatable bonds is 6. The summed E-state index contributed by atoms with van der Waals surface area (Å²) in [4.78, 5) is 20.9. The molecule has 2 atom stereocenters. The van der Waals surface area contributed by atoms with E-state index in [2.05, 4.69) is 4.72 Å². The van der Waals surface area contributed by atoms with Crippen LogP contribution >= 0.6 is 0 Å². The number of hydrogen-bond donors (Lipinski definition) is 4. The summed E-state index contributed by atoms with van der Waals surface area (Å²) >= 11 is 0. The molecule has 0 aliphatic carbocycles. The molecule has 1 aromatic carbocycles. The van der Waals surface area contributed by atoms with Gasteiger partial charge in [-0.1, -0.05) is 31.5 Å². The van der Waals surface area contributed by atoms with Crippen molar-refractivity contribution >= 4 is 22.0 Å². The first-order valence-corrected chi connectivity index (χ1v) is 9.50. The van der Waals surface area contributed by atoms with E-state index in [9.17, 15) is 18.0 Å². The first-order valence-electron chi connectivity index (χ1n) is 8.02. The predicted octanol–water partition coefficient (Wildman–Crippen LogP) is 1.42. The standard InChI is InChI=1S/C12H17NO4S.C5H11NO2/c1-7-5-8(2)11(9(3)6-7)18(16,17)13-10(4)12(14)15;1-3(2)4(6)5(7)8/h5-6,10,13H,1-4H3,(H,14,15);3-4H,6H2,1-2H3,(H,7,8)/t10-;4-/m10/s1. The van der Waals surface area contributed by atoms with Crippen LogP contribution in [0, 0.1) is 26.7 Å². The SMILES string of the molecule is CC(C)[C@H](N)C(=O)O.Cc1cc(C)c(S(=O)(=O)N[C@H](C)C(=O)O)c(C)c1. The zero-order valence-electron chi connectivity index (χ0n) is 15.9. The van der Waals surface area contributed by atoms with E-state index >= 15 is 0 Å². The maximum Gasteiger partial charge on any atom is 0.321 e. The van der Waals surface area contributed by atoms with Crippen molar-refractivity contribution in [1.82, 2.24) is 4.72 Å². The van der Waals surface area contributed by atoms with E-state index in [-0.39, 0.29) is 10.8 Å². The van der Waals surface area contributed by atoms with Crippen molar-refractivity contribution in [3.63, 3.8) is 0 Å². The fourth-order valence-corrected chi connectivity index (χ4v) is 3.87. The summed E-state index contributed by atoms with van der Waals surface area (Å²) in [5.41, 5.74) is 7.35. The molecule has 9 heteroatoms. The molecule has 0 aliphatic rings. The number of benzene rings is 1. The highest BCUT2D eigenvalue weighted by atomic mass is 32.2. The second kappa shape index (κ2) is 9.65. The van der Waals surface area contributed by atoms with E-state index in [1.54, 1.807) is 39.8 Å². The summed E-state index contributed by atoms with van der Waals surface area (Å²) in [6.07, 6.45) is 0. The molecule has 148 valence electrons. The lowest BCUT2D eigenvalue weighted by molar-refractivity contribution is -0.140. The Morgan fingerprint density at radius 2 is 1.42 bits per heavy atom. The molecule has 0 fully saturated rings. The van der Waals surface area contributed by atoms with E-state index in [0.717, 1.165) is 5.56 Å². The summed E-state index contributed by atoms with van der Waals surface area (Å²) in [6, 6.07) is 1.64. The van der Waals surface area contributed by atoms with Crippen LogP contribution < -0.4 is 10.5 Å². The molecule has 0 saturated heterocycles. The van der Waals surface area contributed by atoms with Crippen LogP contribution in [-0.4, -0.2) is 42.7 Å². The van der Waals surface area contributed by atoms with Gasteiger partial charge in [-0.05, 0) is 44.7 Å². The smallest absolute Gasteiger partial charge is 0.321 e. The first-order chi connectivity index (χ1) is 11.7. The molecule has 0 spiro atoms. The van der Waals surface area contributed by atoms with Crippen LogP contribution in [0.2, 0.25) is 0 Å². The van der Waals surface area contributed by atoms with E-state index in [1.165, 1.54) is 6.92 Å². The molecular formula is C17H28N2O6S. The number of sulfonamides is 1. The zero-order valence-corrected chi connectivity index (χ0v) is 16.7. The van der Waals surface area contributed by atoms with Crippen molar-refractivity contribution in [1.29, 1.82) is 0 Å². The Morgan fingerprint density at radius 3 is 1.69 bits per heavy atom. The molecular weight excluding hydrogens is 360 g/mol. The minimum atomic E-state index is -3.81. The Bertz CT molecular complexity index is 736. The van der Waals surface area contributed by atoms with Crippen LogP contribution in [0.3, 0.4) is 0 Å². The third-order valence-electron chi connectivity index (χ3n) is 3.58. The van der Waals surface area contributed by atoms with Gasteiger partial charge in [-0.25, -0.2) is 8.42 Å². The van der Waals surface area contributed by atoms with Gasteiger partial charge < -0.3 is 15.9 Å². The Kier molecular flexibility index (Phi) is 8.92. The van der Waals surface area contributed by atoms with Crippen molar-refractivity contribution in [2.75, 3.05) is 0 Å². The molecule has 26 heavy (non-hydrogen) atoms. The fourth-order valence-electron chi connectivity index (χ4n) is 2.22. The van der Waals surface area contributed by atoms with Crippen molar-refractivity contribution in [3.8, 4) is 0 Å². The molecule has 0 aliphatic heterocycles. The Labute approximate surface area is 154 Å². The number of nitrogens with two attached hydrogens (primary N) is 1. The molecule has 5 N–H and O–H groups in total. The van der Waals surface area contributed by atoms with Gasteiger partial charge in [0.25, 0.3) is 0 Å². The minimum Gasteiger partial charge on any atom is -0.480 e. The molecule has 0 unspecified atom stereocenters. The Balaban J connectivity index is 0.000000660. The van der Waals surface area contributed by atoms with Crippen LogP contribution in [0.25, 0.3) is 0 Å². The highest BCUT2D eigenvalue weighted by molar-refractivity contribution is 7.89. The number of aliphatic carboxylic acids is 2. The monoisotopic (exact) mass is 388 g/mol. The van der Waals surface area contributed by atoms with Crippen LogP contribution in [0.5, 0.6) is 0 Å². The van der Waals surface area contributed by atoms with E-state index in [0.29, 0.717) is 11.1 Å². The van der Waals surface area contributed by atoms with Gasteiger partial charge in [-0.3, -0.25) is 9.59 Å². The number of nitrogens with one attached hydrogen (secondary N) is 1. The number of carboxylic acid groups (broad SMARTS) is 2. The Morgan fingerprint density at radius 1 is 1.00 bits per heavy atom. The van der Waals surface area contributed by atoms with Crippen molar-refractivity contribution in [2.45, 2.75) is 58.5 Å². The summed E-state index contributed by atoms with van der Waals surface area (Å²) in [6.45, 7) is 10.1. The van der Waals surface area contributed by atoms with Crippen LogP contribution in [0.1, 0.15) is 37.5 Å². The molecule has 0 heterocycles. The lowest BCUT2D eigenvalue weighted by Gasteiger charge is -2.15. The number of hydrogen-bond acceptors (Lipinski definition) is 5. The second-order valence-corrected chi connectivity index (χ2v) is 8.17. The van der Waals surface area contributed by atoms with Gasteiger partial charge in [0.1, 0.15) is 12.1 Å². The Hall–Kier alpha value is -1.97. The minimum absolute atomic E-state index is 0.0208. The molecule has 1 rings (SSSR count). The third kappa shape index (κ3) is 7.11. The highest BCUT2D eigenvalue weighted by Crippen LogP contribution is 2.21. The fraction of sp³-hybridized carbons (Fsp3) is 0.529.